The van der Waals surface area contributed by atoms with Crippen molar-refractivity contribution in [2.75, 3.05) is 0 Å². The molecule has 17 heavy (non-hydrogen) atoms. The van der Waals surface area contributed by atoms with Crippen LogP contribution in [0, 0.1) is 13.0 Å². The lowest BCUT2D eigenvalue weighted by molar-refractivity contribution is 1.62. The molecule has 0 spiro atoms. The Morgan fingerprint density at radius 1 is 0.706 bits per heavy atom. The van der Waals surface area contributed by atoms with Crippen LogP contribution in [0.25, 0.3) is 10.8 Å². The number of fused-ring (bicyclic) bond motifs is 1. The summed E-state index contributed by atoms with van der Waals surface area (Å²) < 4.78 is 0. The quantitative estimate of drug-likeness (QED) is 0.521. The third-order valence-electron chi connectivity index (χ3n) is 2.41. The third kappa shape index (κ3) is 3.46. The molecular weight excluding hydrogens is 204 g/mol. The van der Waals surface area contributed by atoms with Crippen molar-refractivity contribution >= 4 is 10.8 Å². The molecule has 0 aliphatic heterocycles. The molecule has 0 fully saturated rings. The van der Waals surface area contributed by atoms with Crippen LogP contribution in [-0.4, -0.2) is 0 Å². The van der Waals surface area contributed by atoms with Gasteiger partial charge in [0.25, 0.3) is 0 Å². The summed E-state index contributed by atoms with van der Waals surface area (Å²) in [5, 5.41) is 2.44. The molecule has 0 nitrogen and oxygen atoms in total. The molecule has 0 bridgehead atoms. The van der Waals surface area contributed by atoms with Crippen LogP contribution in [0.2, 0.25) is 0 Å². The summed E-state index contributed by atoms with van der Waals surface area (Å²) in [5.41, 5.74) is 1.07. The Bertz CT molecular complexity index is 502. The van der Waals surface area contributed by atoms with E-state index in [1.54, 1.807) is 0 Å². The second-order valence-electron chi connectivity index (χ2n) is 3.74. The van der Waals surface area contributed by atoms with Crippen LogP contribution in [0.15, 0.2) is 72.8 Å². The molecule has 0 aliphatic carbocycles. The minimum atomic E-state index is 1.07. The van der Waals surface area contributed by atoms with Crippen molar-refractivity contribution in [3.8, 4) is 0 Å². The van der Waals surface area contributed by atoms with E-state index < -0.39 is 0 Å². The van der Waals surface area contributed by atoms with E-state index in [1.807, 2.05) is 54.6 Å². The van der Waals surface area contributed by atoms with Crippen molar-refractivity contribution in [2.45, 2.75) is 0 Å². The SMILES string of the molecule is [CH2]c1ccccc1.[c]1cccc2ccccc12. The second-order valence-corrected chi connectivity index (χ2v) is 3.74. The summed E-state index contributed by atoms with van der Waals surface area (Å²) in [4.78, 5) is 0. The van der Waals surface area contributed by atoms with Gasteiger partial charge in [-0.1, -0.05) is 72.8 Å². The van der Waals surface area contributed by atoms with Crippen LogP contribution in [0.4, 0.5) is 0 Å². The third-order valence-corrected chi connectivity index (χ3v) is 2.41. The molecule has 0 heterocycles. The van der Waals surface area contributed by atoms with Crippen LogP contribution >= 0.6 is 0 Å². The zero-order valence-corrected chi connectivity index (χ0v) is 9.64. The molecule has 0 aromatic heterocycles. The fraction of sp³-hybridized carbons (Fsp3) is 0. The zero-order chi connectivity index (χ0) is 11.9. The van der Waals surface area contributed by atoms with Crippen molar-refractivity contribution in [2.24, 2.45) is 0 Å². The van der Waals surface area contributed by atoms with Crippen molar-refractivity contribution in [1.82, 2.24) is 0 Å². The fourth-order valence-corrected chi connectivity index (χ4v) is 1.54. The maximum Gasteiger partial charge on any atom is -0.00992 e. The van der Waals surface area contributed by atoms with Crippen LogP contribution in [0.5, 0.6) is 0 Å². The summed E-state index contributed by atoms with van der Waals surface area (Å²) in [7, 11) is 0. The van der Waals surface area contributed by atoms with Crippen LogP contribution in [0.3, 0.4) is 0 Å². The van der Waals surface area contributed by atoms with E-state index >= 15 is 0 Å². The molecular formula is C17H14. The maximum absolute atomic E-state index is 3.72. The average Bonchev–Trinajstić information content (AvgIpc) is 2.41. The average molecular weight is 218 g/mol. The largest absolute Gasteiger partial charge is 0.0622 e. The van der Waals surface area contributed by atoms with E-state index in [0.717, 1.165) is 5.56 Å². The standard InChI is InChI=1S/C10H7.C7H7/c1-2-6-10-8-4-3-7-9(10)5-1;1-7-5-3-2-4-6-7/h1-7H;2-6H,1H2. The van der Waals surface area contributed by atoms with Crippen molar-refractivity contribution in [3.05, 3.63) is 91.3 Å². The van der Waals surface area contributed by atoms with E-state index in [9.17, 15) is 0 Å². The number of benzene rings is 3. The van der Waals surface area contributed by atoms with Crippen molar-refractivity contribution in [3.63, 3.8) is 0 Å². The highest BCUT2D eigenvalue weighted by Crippen LogP contribution is 2.10. The van der Waals surface area contributed by atoms with Gasteiger partial charge < -0.3 is 0 Å². The normalized spacial score (nSPS) is 9.47. The molecule has 0 atom stereocenters. The van der Waals surface area contributed by atoms with E-state index in [4.69, 9.17) is 0 Å². The lowest BCUT2D eigenvalue weighted by Crippen LogP contribution is -1.67. The van der Waals surface area contributed by atoms with Gasteiger partial charge in [0.05, 0.1) is 0 Å². The summed E-state index contributed by atoms with van der Waals surface area (Å²) in [5.74, 6) is 0. The Morgan fingerprint density at radius 3 is 2.00 bits per heavy atom. The molecule has 3 aromatic rings. The van der Waals surface area contributed by atoms with Gasteiger partial charge in [0.15, 0.2) is 0 Å². The lowest BCUT2D eigenvalue weighted by atomic mass is 10.1. The van der Waals surface area contributed by atoms with Crippen LogP contribution in [-0.2, 0) is 0 Å². The van der Waals surface area contributed by atoms with Crippen LogP contribution in [0.1, 0.15) is 5.56 Å². The van der Waals surface area contributed by atoms with Gasteiger partial charge in [-0.25, -0.2) is 0 Å². The molecule has 0 heteroatoms. The Balaban J connectivity index is 0.000000136. The first-order valence-corrected chi connectivity index (χ1v) is 5.59. The predicted octanol–water partition coefficient (Wildman–Crippen LogP) is 4.51. The van der Waals surface area contributed by atoms with Crippen LogP contribution < -0.4 is 0 Å². The Kier molecular flexibility index (Phi) is 3.93. The van der Waals surface area contributed by atoms with Gasteiger partial charge in [-0.3, -0.25) is 0 Å². The van der Waals surface area contributed by atoms with Gasteiger partial charge in [0.2, 0.25) is 0 Å². The van der Waals surface area contributed by atoms with Gasteiger partial charge in [-0.05, 0) is 29.3 Å². The van der Waals surface area contributed by atoms with Crippen molar-refractivity contribution < 1.29 is 0 Å². The smallest absolute Gasteiger partial charge is 0.00992 e. The predicted molar refractivity (Wildman–Crippen MR) is 73.7 cm³/mol. The van der Waals surface area contributed by atoms with Gasteiger partial charge in [-0.15, -0.1) is 0 Å². The Labute approximate surface area is 103 Å². The highest BCUT2D eigenvalue weighted by Gasteiger charge is 1.85. The molecule has 3 aromatic carbocycles. The zero-order valence-electron chi connectivity index (χ0n) is 9.64. The van der Waals surface area contributed by atoms with E-state index in [1.165, 1.54) is 10.8 Å². The molecule has 0 saturated heterocycles. The maximum atomic E-state index is 3.72. The summed E-state index contributed by atoms with van der Waals surface area (Å²) in [6, 6.07) is 27.3. The Morgan fingerprint density at radius 2 is 1.35 bits per heavy atom. The topological polar surface area (TPSA) is 0 Å². The number of rotatable bonds is 0. The molecule has 0 unspecified atom stereocenters. The monoisotopic (exact) mass is 218 g/mol. The minimum Gasteiger partial charge on any atom is -0.0622 e. The molecule has 2 radical (unpaired) electrons. The summed E-state index contributed by atoms with van der Waals surface area (Å²) in [6.07, 6.45) is 0. The molecule has 0 aliphatic rings. The van der Waals surface area contributed by atoms with E-state index in [0.29, 0.717) is 0 Å². The first-order valence-electron chi connectivity index (χ1n) is 5.59. The number of hydrogen-bond acceptors (Lipinski definition) is 0. The van der Waals surface area contributed by atoms with Gasteiger partial charge in [0.1, 0.15) is 0 Å². The van der Waals surface area contributed by atoms with Gasteiger partial charge in [-0.2, -0.15) is 0 Å². The lowest BCUT2D eigenvalue weighted by Gasteiger charge is -1.91. The van der Waals surface area contributed by atoms with Gasteiger partial charge in [0, 0.05) is 0 Å². The summed E-state index contributed by atoms with van der Waals surface area (Å²) >= 11 is 0. The van der Waals surface area contributed by atoms with E-state index in [-0.39, 0.29) is 0 Å². The molecule has 0 amide bonds. The van der Waals surface area contributed by atoms with E-state index in [2.05, 4.69) is 31.2 Å². The Hall–Kier alpha value is -2.08. The first kappa shape index (κ1) is 11.4. The highest BCUT2D eigenvalue weighted by atomic mass is 13.9. The van der Waals surface area contributed by atoms with Crippen molar-refractivity contribution in [1.29, 1.82) is 0 Å². The first-order chi connectivity index (χ1) is 8.36. The second kappa shape index (κ2) is 5.86. The van der Waals surface area contributed by atoms with Gasteiger partial charge >= 0.3 is 0 Å². The molecule has 0 saturated carbocycles. The number of hydrogen-bond donors (Lipinski definition) is 0. The molecule has 3 rings (SSSR count). The molecule has 0 N–H and O–H groups in total. The fourth-order valence-electron chi connectivity index (χ4n) is 1.54. The summed E-state index contributed by atoms with van der Waals surface area (Å²) in [6.45, 7) is 3.72. The highest BCUT2D eigenvalue weighted by molar-refractivity contribution is 5.81. The molecule has 82 valence electrons. The minimum absolute atomic E-state index is 1.07.